The standard InChI is InChI=1S/C11H23N/c1-11(2,3)9-10-5-4-7-12-8-6-10/h10,12H,4-9H2,1-3H3/t10-/m0/s1. The van der Waals surface area contributed by atoms with Gasteiger partial charge in [-0.25, -0.2) is 0 Å². The molecule has 0 saturated carbocycles. The average Bonchev–Trinajstić information content (AvgIpc) is 2.12. The Labute approximate surface area is 76.9 Å². The average molecular weight is 169 g/mol. The third kappa shape index (κ3) is 4.10. The number of hydrogen-bond donors (Lipinski definition) is 1. The maximum absolute atomic E-state index is 3.46. The van der Waals surface area contributed by atoms with Crippen molar-refractivity contribution < 1.29 is 0 Å². The summed E-state index contributed by atoms with van der Waals surface area (Å²) in [5.41, 5.74) is 0.523. The van der Waals surface area contributed by atoms with E-state index in [-0.39, 0.29) is 0 Å². The van der Waals surface area contributed by atoms with E-state index in [2.05, 4.69) is 26.1 Å². The Morgan fingerprint density at radius 3 is 2.58 bits per heavy atom. The molecule has 1 aliphatic heterocycles. The molecular formula is C11H23N. The van der Waals surface area contributed by atoms with Gasteiger partial charge in [-0.3, -0.25) is 0 Å². The van der Waals surface area contributed by atoms with E-state index in [9.17, 15) is 0 Å². The van der Waals surface area contributed by atoms with Gasteiger partial charge in [0, 0.05) is 0 Å². The predicted octanol–water partition coefficient (Wildman–Crippen LogP) is 2.81. The highest BCUT2D eigenvalue weighted by Crippen LogP contribution is 2.29. The second-order valence-corrected chi connectivity index (χ2v) is 5.31. The van der Waals surface area contributed by atoms with Crippen LogP contribution in [0, 0.1) is 11.3 Å². The molecule has 1 rings (SSSR count). The molecular weight excluding hydrogens is 146 g/mol. The minimum Gasteiger partial charge on any atom is -0.317 e. The highest BCUT2D eigenvalue weighted by molar-refractivity contribution is 4.72. The van der Waals surface area contributed by atoms with Crippen LogP contribution in [-0.2, 0) is 0 Å². The van der Waals surface area contributed by atoms with Crippen molar-refractivity contribution in [3.05, 3.63) is 0 Å². The molecule has 0 spiro atoms. The van der Waals surface area contributed by atoms with E-state index in [0.717, 1.165) is 5.92 Å². The summed E-state index contributed by atoms with van der Waals surface area (Å²) in [5.74, 6) is 0.972. The second kappa shape index (κ2) is 4.27. The van der Waals surface area contributed by atoms with Gasteiger partial charge in [0.2, 0.25) is 0 Å². The van der Waals surface area contributed by atoms with Gasteiger partial charge < -0.3 is 5.32 Å². The van der Waals surface area contributed by atoms with Gasteiger partial charge in [0.05, 0.1) is 0 Å². The van der Waals surface area contributed by atoms with Crippen molar-refractivity contribution in [3.63, 3.8) is 0 Å². The van der Waals surface area contributed by atoms with Crippen LogP contribution in [0.5, 0.6) is 0 Å². The fourth-order valence-corrected chi connectivity index (χ4v) is 2.16. The van der Waals surface area contributed by atoms with E-state index in [1.165, 1.54) is 38.8 Å². The van der Waals surface area contributed by atoms with Crippen molar-refractivity contribution in [2.24, 2.45) is 11.3 Å². The second-order valence-electron chi connectivity index (χ2n) is 5.31. The number of hydrogen-bond acceptors (Lipinski definition) is 1. The lowest BCUT2D eigenvalue weighted by Crippen LogP contribution is -2.16. The molecule has 1 aliphatic rings. The van der Waals surface area contributed by atoms with Gasteiger partial charge in [0.25, 0.3) is 0 Å². The smallest absolute Gasteiger partial charge is 0.00463 e. The van der Waals surface area contributed by atoms with Crippen LogP contribution < -0.4 is 5.32 Å². The molecule has 0 aromatic rings. The summed E-state index contributed by atoms with van der Waals surface area (Å²) < 4.78 is 0. The van der Waals surface area contributed by atoms with Crippen molar-refractivity contribution in [2.45, 2.75) is 46.5 Å². The van der Waals surface area contributed by atoms with Crippen molar-refractivity contribution in [1.29, 1.82) is 0 Å². The fraction of sp³-hybridized carbons (Fsp3) is 1.00. The number of rotatable bonds is 1. The summed E-state index contributed by atoms with van der Waals surface area (Å²) in [4.78, 5) is 0. The molecule has 0 unspecified atom stereocenters. The fourth-order valence-electron chi connectivity index (χ4n) is 2.16. The van der Waals surface area contributed by atoms with Crippen LogP contribution in [0.3, 0.4) is 0 Å². The van der Waals surface area contributed by atoms with E-state index in [1.807, 2.05) is 0 Å². The van der Waals surface area contributed by atoms with E-state index < -0.39 is 0 Å². The Balaban J connectivity index is 2.30. The van der Waals surface area contributed by atoms with Crippen LogP contribution >= 0.6 is 0 Å². The Kier molecular flexibility index (Phi) is 3.57. The van der Waals surface area contributed by atoms with Crippen LogP contribution in [0.4, 0.5) is 0 Å². The first-order chi connectivity index (χ1) is 5.58. The molecule has 1 saturated heterocycles. The largest absolute Gasteiger partial charge is 0.317 e. The maximum atomic E-state index is 3.46. The zero-order valence-corrected chi connectivity index (χ0v) is 8.82. The summed E-state index contributed by atoms with van der Waals surface area (Å²) in [5, 5.41) is 3.46. The molecule has 0 amide bonds. The van der Waals surface area contributed by atoms with Gasteiger partial charge in [0.1, 0.15) is 0 Å². The molecule has 0 aliphatic carbocycles. The normalized spacial score (nSPS) is 26.8. The summed E-state index contributed by atoms with van der Waals surface area (Å²) in [6.45, 7) is 9.53. The lowest BCUT2D eigenvalue weighted by atomic mass is 9.82. The number of nitrogens with one attached hydrogen (secondary N) is 1. The van der Waals surface area contributed by atoms with Crippen LogP contribution in [0.15, 0.2) is 0 Å². The van der Waals surface area contributed by atoms with Crippen molar-refractivity contribution in [1.82, 2.24) is 5.32 Å². The highest BCUT2D eigenvalue weighted by Gasteiger charge is 2.19. The minimum absolute atomic E-state index is 0.523. The summed E-state index contributed by atoms with van der Waals surface area (Å²) >= 11 is 0. The monoisotopic (exact) mass is 169 g/mol. The van der Waals surface area contributed by atoms with Gasteiger partial charge in [0.15, 0.2) is 0 Å². The minimum atomic E-state index is 0.523. The lowest BCUT2D eigenvalue weighted by Gasteiger charge is -2.24. The van der Waals surface area contributed by atoms with E-state index in [4.69, 9.17) is 0 Å². The predicted molar refractivity (Wildman–Crippen MR) is 54.3 cm³/mol. The first kappa shape index (κ1) is 10.0. The molecule has 0 bridgehead atoms. The Morgan fingerprint density at radius 1 is 1.17 bits per heavy atom. The van der Waals surface area contributed by atoms with Gasteiger partial charge >= 0.3 is 0 Å². The Bertz CT molecular complexity index is 115. The molecule has 0 aromatic heterocycles. The topological polar surface area (TPSA) is 12.0 Å². The van der Waals surface area contributed by atoms with Gasteiger partial charge in [-0.05, 0) is 50.1 Å². The first-order valence-electron chi connectivity index (χ1n) is 5.29. The van der Waals surface area contributed by atoms with Crippen molar-refractivity contribution >= 4 is 0 Å². The maximum Gasteiger partial charge on any atom is -0.00463 e. The summed E-state index contributed by atoms with van der Waals surface area (Å²) in [6.07, 6.45) is 5.59. The third-order valence-corrected chi connectivity index (χ3v) is 2.60. The zero-order valence-electron chi connectivity index (χ0n) is 8.82. The molecule has 0 radical (unpaired) electrons. The van der Waals surface area contributed by atoms with Crippen LogP contribution in [-0.4, -0.2) is 13.1 Å². The lowest BCUT2D eigenvalue weighted by molar-refractivity contribution is 0.277. The third-order valence-electron chi connectivity index (χ3n) is 2.60. The SMILES string of the molecule is CC(C)(C)C[C@H]1CCCNCC1. The van der Waals surface area contributed by atoms with E-state index >= 15 is 0 Å². The molecule has 1 nitrogen and oxygen atoms in total. The molecule has 0 aromatic carbocycles. The van der Waals surface area contributed by atoms with Gasteiger partial charge in [-0.1, -0.05) is 20.8 Å². The molecule has 1 heterocycles. The van der Waals surface area contributed by atoms with Crippen LogP contribution in [0.25, 0.3) is 0 Å². The quantitative estimate of drug-likeness (QED) is 0.636. The van der Waals surface area contributed by atoms with Crippen molar-refractivity contribution in [2.75, 3.05) is 13.1 Å². The van der Waals surface area contributed by atoms with E-state index in [0.29, 0.717) is 5.41 Å². The van der Waals surface area contributed by atoms with Crippen molar-refractivity contribution in [3.8, 4) is 0 Å². The van der Waals surface area contributed by atoms with Gasteiger partial charge in [-0.2, -0.15) is 0 Å². The molecule has 12 heavy (non-hydrogen) atoms. The summed E-state index contributed by atoms with van der Waals surface area (Å²) in [6, 6.07) is 0. The Hall–Kier alpha value is -0.0400. The zero-order chi connectivity index (χ0) is 9.03. The highest BCUT2D eigenvalue weighted by atomic mass is 14.8. The van der Waals surface area contributed by atoms with Crippen LogP contribution in [0.2, 0.25) is 0 Å². The van der Waals surface area contributed by atoms with E-state index in [1.54, 1.807) is 0 Å². The molecule has 1 atom stereocenters. The molecule has 1 N–H and O–H groups in total. The first-order valence-corrected chi connectivity index (χ1v) is 5.29. The Morgan fingerprint density at radius 2 is 1.92 bits per heavy atom. The molecule has 1 fully saturated rings. The van der Waals surface area contributed by atoms with Gasteiger partial charge in [-0.15, -0.1) is 0 Å². The van der Waals surface area contributed by atoms with Crippen LogP contribution in [0.1, 0.15) is 46.5 Å². The molecule has 1 heteroatoms. The molecule has 72 valence electrons. The summed E-state index contributed by atoms with van der Waals surface area (Å²) in [7, 11) is 0.